The number of carbonyl (C=O) groups is 2. The van der Waals surface area contributed by atoms with Gasteiger partial charge in [0.05, 0.1) is 11.1 Å². The summed E-state index contributed by atoms with van der Waals surface area (Å²) in [5, 5.41) is 9.09. The van der Waals surface area contributed by atoms with E-state index in [0.29, 0.717) is 11.8 Å². The van der Waals surface area contributed by atoms with Crippen LogP contribution in [0.25, 0.3) is 0 Å². The first-order chi connectivity index (χ1) is 9.16. The van der Waals surface area contributed by atoms with Crippen molar-refractivity contribution >= 4 is 11.9 Å². The third-order valence-electron chi connectivity index (χ3n) is 5.01. The molecule has 4 saturated carbocycles. The van der Waals surface area contributed by atoms with Crippen LogP contribution in [0.3, 0.4) is 0 Å². The zero-order valence-corrected chi connectivity index (χ0v) is 10.3. The number of esters is 1. The summed E-state index contributed by atoms with van der Waals surface area (Å²) in [7, 11) is 0. The molecule has 0 amide bonds. The molecule has 0 aromatic heterocycles. The minimum absolute atomic E-state index is 0.0187. The van der Waals surface area contributed by atoms with E-state index >= 15 is 0 Å². The van der Waals surface area contributed by atoms with Crippen LogP contribution in [0.2, 0.25) is 0 Å². The number of benzene rings is 1. The molecule has 4 fully saturated rings. The van der Waals surface area contributed by atoms with E-state index in [9.17, 15) is 9.59 Å². The van der Waals surface area contributed by atoms with Gasteiger partial charge in [-0.3, -0.25) is 0 Å². The fraction of sp³-hybridized carbons (Fsp3) is 0.467. The van der Waals surface area contributed by atoms with Gasteiger partial charge in [-0.25, -0.2) is 9.59 Å². The maximum Gasteiger partial charge on any atom is 0.339 e. The van der Waals surface area contributed by atoms with Gasteiger partial charge in [-0.15, -0.1) is 0 Å². The number of aromatic carboxylic acids is 1. The molecule has 5 rings (SSSR count). The van der Waals surface area contributed by atoms with Gasteiger partial charge in [0.25, 0.3) is 0 Å². The molecule has 1 aromatic carbocycles. The summed E-state index contributed by atoms with van der Waals surface area (Å²) in [4.78, 5) is 23.3. The summed E-state index contributed by atoms with van der Waals surface area (Å²) in [6, 6.07) is 6.24. The average Bonchev–Trinajstić information content (AvgIpc) is 2.77. The Kier molecular flexibility index (Phi) is 2.08. The van der Waals surface area contributed by atoms with Gasteiger partial charge in [-0.1, -0.05) is 12.1 Å². The quantitative estimate of drug-likeness (QED) is 0.844. The van der Waals surface area contributed by atoms with Gasteiger partial charge >= 0.3 is 11.9 Å². The zero-order chi connectivity index (χ0) is 13.1. The molecule has 98 valence electrons. The third-order valence-corrected chi connectivity index (χ3v) is 5.01. The molecule has 4 nitrogen and oxygen atoms in total. The maximum absolute atomic E-state index is 12.2. The second kappa shape index (κ2) is 3.59. The summed E-state index contributed by atoms with van der Waals surface area (Å²) >= 11 is 0. The van der Waals surface area contributed by atoms with E-state index in [1.807, 2.05) is 0 Å². The number of carboxylic acid groups (broad SMARTS) is 1. The minimum Gasteiger partial charge on any atom is -0.478 e. The molecule has 4 aliphatic carbocycles. The van der Waals surface area contributed by atoms with Crippen LogP contribution < -0.4 is 0 Å². The van der Waals surface area contributed by atoms with E-state index in [4.69, 9.17) is 9.84 Å². The monoisotopic (exact) mass is 258 g/mol. The SMILES string of the molecule is O=C(O)c1ccccc1C(=O)O[C@@H]1C2C[C@@H]3C1[C@@H]3C2. The van der Waals surface area contributed by atoms with Crippen molar-refractivity contribution in [3.05, 3.63) is 35.4 Å². The van der Waals surface area contributed by atoms with Gasteiger partial charge in [0.15, 0.2) is 0 Å². The molecule has 0 saturated heterocycles. The van der Waals surface area contributed by atoms with Crippen LogP contribution in [0.1, 0.15) is 33.6 Å². The molecule has 0 aliphatic heterocycles. The average molecular weight is 258 g/mol. The summed E-state index contributed by atoms with van der Waals surface area (Å²) in [5.74, 6) is 1.05. The van der Waals surface area contributed by atoms with Gasteiger partial charge < -0.3 is 9.84 Å². The number of carbonyl (C=O) groups excluding carboxylic acids is 1. The Morgan fingerprint density at radius 2 is 1.74 bits per heavy atom. The molecular formula is C15H14O4. The minimum atomic E-state index is -1.09. The van der Waals surface area contributed by atoms with Crippen molar-refractivity contribution in [2.24, 2.45) is 23.7 Å². The molecule has 5 atom stereocenters. The van der Waals surface area contributed by atoms with Crippen LogP contribution in [-0.2, 0) is 4.74 Å². The van der Waals surface area contributed by atoms with E-state index in [2.05, 4.69) is 0 Å². The molecule has 1 aromatic rings. The van der Waals surface area contributed by atoms with Gasteiger partial charge in [0.2, 0.25) is 0 Å². The van der Waals surface area contributed by atoms with Crippen LogP contribution in [0.15, 0.2) is 24.3 Å². The Labute approximate surface area is 110 Å². The van der Waals surface area contributed by atoms with Crippen LogP contribution in [0, 0.1) is 23.7 Å². The van der Waals surface area contributed by atoms with Gasteiger partial charge in [0, 0.05) is 5.92 Å². The van der Waals surface area contributed by atoms with Gasteiger partial charge in [-0.2, -0.15) is 0 Å². The van der Waals surface area contributed by atoms with E-state index in [0.717, 1.165) is 11.8 Å². The van der Waals surface area contributed by atoms with E-state index in [-0.39, 0.29) is 17.2 Å². The van der Waals surface area contributed by atoms with Crippen molar-refractivity contribution in [3.63, 3.8) is 0 Å². The largest absolute Gasteiger partial charge is 0.478 e. The lowest BCUT2D eigenvalue weighted by Gasteiger charge is -2.16. The highest BCUT2D eigenvalue weighted by Gasteiger charge is 2.70. The van der Waals surface area contributed by atoms with Crippen molar-refractivity contribution in [1.82, 2.24) is 0 Å². The summed E-state index contributed by atoms with van der Waals surface area (Å²) in [6.45, 7) is 0. The molecule has 4 heteroatoms. The van der Waals surface area contributed by atoms with Crippen LogP contribution in [-0.4, -0.2) is 23.1 Å². The highest BCUT2D eigenvalue weighted by Crippen LogP contribution is 2.71. The number of ether oxygens (including phenoxy) is 1. The Balaban J connectivity index is 1.56. The lowest BCUT2D eigenvalue weighted by molar-refractivity contribution is 0.0202. The highest BCUT2D eigenvalue weighted by atomic mass is 16.5. The first-order valence-corrected chi connectivity index (χ1v) is 6.70. The molecule has 4 bridgehead atoms. The summed E-state index contributed by atoms with van der Waals surface area (Å²) in [6.07, 6.45) is 2.41. The van der Waals surface area contributed by atoms with Crippen molar-refractivity contribution in [2.75, 3.05) is 0 Å². The van der Waals surface area contributed by atoms with Crippen molar-refractivity contribution in [1.29, 1.82) is 0 Å². The highest BCUT2D eigenvalue weighted by molar-refractivity contribution is 6.02. The Morgan fingerprint density at radius 1 is 1.11 bits per heavy atom. The topological polar surface area (TPSA) is 63.6 Å². The number of hydrogen-bond acceptors (Lipinski definition) is 3. The predicted octanol–water partition coefficient (Wildman–Crippen LogP) is 2.20. The molecular weight excluding hydrogens is 244 g/mol. The van der Waals surface area contributed by atoms with Gasteiger partial charge in [0.1, 0.15) is 6.10 Å². The van der Waals surface area contributed by atoms with Crippen LogP contribution >= 0.6 is 0 Å². The second-order valence-electron chi connectivity index (χ2n) is 5.86. The van der Waals surface area contributed by atoms with Crippen LogP contribution in [0.5, 0.6) is 0 Å². The fourth-order valence-electron chi connectivity index (χ4n) is 4.21. The second-order valence-corrected chi connectivity index (χ2v) is 5.86. The standard InChI is InChI=1S/C15H14O4/c16-14(17)8-3-1-2-4-9(8)15(18)19-13-7-5-10-11(6-7)12(10)13/h1-4,7,10-13H,5-6H2,(H,16,17)/t7?,10-,11+,12?,13-/m1/s1. The maximum atomic E-state index is 12.2. The number of carboxylic acids is 1. The predicted molar refractivity (Wildman–Crippen MR) is 65.8 cm³/mol. The van der Waals surface area contributed by atoms with E-state index < -0.39 is 11.9 Å². The Hall–Kier alpha value is -1.84. The van der Waals surface area contributed by atoms with E-state index in [1.165, 1.54) is 25.0 Å². The molecule has 0 heterocycles. The number of hydrogen-bond donors (Lipinski definition) is 1. The summed E-state index contributed by atoms with van der Waals surface area (Å²) in [5.41, 5.74) is 0.182. The van der Waals surface area contributed by atoms with E-state index in [1.54, 1.807) is 12.1 Å². The van der Waals surface area contributed by atoms with Crippen molar-refractivity contribution < 1.29 is 19.4 Å². The molecule has 19 heavy (non-hydrogen) atoms. The van der Waals surface area contributed by atoms with Crippen molar-refractivity contribution in [2.45, 2.75) is 18.9 Å². The fourth-order valence-corrected chi connectivity index (χ4v) is 4.21. The Morgan fingerprint density at radius 3 is 2.26 bits per heavy atom. The number of rotatable bonds is 3. The smallest absolute Gasteiger partial charge is 0.339 e. The molecule has 4 aliphatic rings. The molecule has 0 radical (unpaired) electrons. The third kappa shape index (κ3) is 1.46. The molecule has 1 N–H and O–H groups in total. The molecule has 2 unspecified atom stereocenters. The Bertz CT molecular complexity index is 565. The first kappa shape index (κ1) is 11.0. The lowest BCUT2D eigenvalue weighted by atomic mass is 10.1. The molecule has 0 spiro atoms. The van der Waals surface area contributed by atoms with Crippen LogP contribution in [0.4, 0.5) is 0 Å². The summed E-state index contributed by atoms with van der Waals surface area (Å²) < 4.78 is 5.59. The first-order valence-electron chi connectivity index (χ1n) is 6.70. The zero-order valence-electron chi connectivity index (χ0n) is 10.3. The normalized spacial score (nSPS) is 37.2. The van der Waals surface area contributed by atoms with Crippen molar-refractivity contribution in [3.8, 4) is 0 Å². The van der Waals surface area contributed by atoms with Gasteiger partial charge in [-0.05, 0) is 42.7 Å². The lowest BCUT2D eigenvalue weighted by Crippen LogP contribution is -2.23.